The van der Waals surface area contributed by atoms with E-state index in [1.165, 1.54) is 11.5 Å². The van der Waals surface area contributed by atoms with E-state index in [0.717, 1.165) is 30.1 Å². The van der Waals surface area contributed by atoms with Gasteiger partial charge in [0.05, 0.1) is 0 Å². The van der Waals surface area contributed by atoms with Crippen molar-refractivity contribution in [2.75, 3.05) is 36.7 Å². The molecule has 5 nitrogen and oxygen atoms in total. The topological polar surface area (TPSA) is 80.0 Å². The number of nitrogens with one attached hydrogen (secondary N) is 2. The first-order valence-electron chi connectivity index (χ1n) is 5.40. The van der Waals surface area contributed by atoms with Crippen molar-refractivity contribution in [2.24, 2.45) is 0 Å². The third-order valence-electron chi connectivity index (χ3n) is 2.23. The Hall–Kier alpha value is -0.950. The second-order valence-corrected chi connectivity index (χ2v) is 5.24. The first-order chi connectivity index (χ1) is 8.20. The number of hydrogen-bond acceptors (Lipinski definition) is 6. The maximum atomic E-state index is 11.6. The molecular weight excluding hydrogens is 256 g/mol. The molecule has 4 N–H and O–H groups in total. The highest BCUT2D eigenvalue weighted by atomic mass is 32.2. The van der Waals surface area contributed by atoms with Gasteiger partial charge in [0, 0.05) is 13.6 Å². The highest BCUT2D eigenvalue weighted by Crippen LogP contribution is 2.26. The fraction of sp³-hybridized carbons (Fsp3) is 0.600. The first-order valence-corrected chi connectivity index (χ1v) is 7.57. The average Bonchev–Trinajstić information content (AvgIpc) is 2.69. The van der Waals surface area contributed by atoms with E-state index in [-0.39, 0.29) is 5.91 Å². The predicted octanol–water partition coefficient (Wildman–Crippen LogP) is 1.64. The lowest BCUT2D eigenvalue weighted by molar-refractivity contribution is 0.0965. The van der Waals surface area contributed by atoms with Gasteiger partial charge >= 0.3 is 0 Å². The molecule has 17 heavy (non-hydrogen) atoms. The molecule has 1 aromatic rings. The van der Waals surface area contributed by atoms with E-state index in [9.17, 15) is 4.79 Å². The van der Waals surface area contributed by atoms with Crippen LogP contribution in [0.4, 0.5) is 10.8 Å². The summed E-state index contributed by atoms with van der Waals surface area (Å²) in [6, 6.07) is 0. The normalized spacial score (nSPS) is 10.2. The van der Waals surface area contributed by atoms with E-state index in [4.69, 9.17) is 5.73 Å². The molecule has 0 aliphatic rings. The summed E-state index contributed by atoms with van der Waals surface area (Å²) in [5.74, 6) is 1.26. The van der Waals surface area contributed by atoms with Gasteiger partial charge in [-0.3, -0.25) is 4.79 Å². The number of rotatable bonds is 7. The number of thioether (sulfide) groups is 1. The molecule has 0 spiro atoms. The Bertz CT molecular complexity index is 367. The van der Waals surface area contributed by atoms with Crippen molar-refractivity contribution >= 4 is 40.0 Å². The summed E-state index contributed by atoms with van der Waals surface area (Å²) in [6.45, 7) is 0.839. The number of nitrogen functional groups attached to an aromatic ring is 1. The molecule has 0 aliphatic heterocycles. The predicted molar refractivity (Wildman–Crippen MR) is 76.0 cm³/mol. The van der Waals surface area contributed by atoms with Gasteiger partial charge in [-0.1, -0.05) is 0 Å². The molecule has 0 radical (unpaired) electrons. The number of carbonyl (C=O) groups excluding carboxylic acids is 1. The van der Waals surface area contributed by atoms with Crippen LogP contribution in [0.3, 0.4) is 0 Å². The number of hydrogen-bond donors (Lipinski definition) is 3. The molecule has 0 aliphatic carbocycles. The zero-order valence-corrected chi connectivity index (χ0v) is 11.7. The van der Waals surface area contributed by atoms with Crippen LogP contribution in [0.15, 0.2) is 0 Å². The molecule has 0 bridgehead atoms. The van der Waals surface area contributed by atoms with Crippen LogP contribution >= 0.6 is 23.3 Å². The smallest absolute Gasteiger partial charge is 0.257 e. The van der Waals surface area contributed by atoms with Crippen LogP contribution in [0.25, 0.3) is 0 Å². The van der Waals surface area contributed by atoms with Gasteiger partial charge in [-0.2, -0.15) is 16.1 Å². The minimum absolute atomic E-state index is 0.192. The third-order valence-corrected chi connectivity index (χ3v) is 3.75. The van der Waals surface area contributed by atoms with Crippen LogP contribution in [-0.4, -0.2) is 35.9 Å². The SMILES string of the molecule is CNC(=O)c1c(N)nsc1NCCCCSC. The molecule has 0 saturated carbocycles. The maximum absolute atomic E-state index is 11.6. The van der Waals surface area contributed by atoms with Crippen molar-refractivity contribution < 1.29 is 4.79 Å². The van der Waals surface area contributed by atoms with Crippen LogP contribution in [0.5, 0.6) is 0 Å². The van der Waals surface area contributed by atoms with Crippen LogP contribution in [0.2, 0.25) is 0 Å². The van der Waals surface area contributed by atoms with Crippen LogP contribution in [0.1, 0.15) is 23.2 Å². The lowest BCUT2D eigenvalue weighted by Gasteiger charge is -2.05. The Morgan fingerprint density at radius 1 is 1.53 bits per heavy atom. The van der Waals surface area contributed by atoms with E-state index in [1.807, 2.05) is 11.8 Å². The Labute approximate surface area is 110 Å². The molecule has 0 unspecified atom stereocenters. The third kappa shape index (κ3) is 4.08. The summed E-state index contributed by atoms with van der Waals surface area (Å²) in [7, 11) is 1.59. The molecule has 0 atom stereocenters. The summed E-state index contributed by atoms with van der Waals surface area (Å²) in [4.78, 5) is 11.6. The van der Waals surface area contributed by atoms with Crippen LogP contribution in [-0.2, 0) is 0 Å². The number of unbranched alkanes of at least 4 members (excludes halogenated alkanes) is 1. The highest BCUT2D eigenvalue weighted by molar-refractivity contribution is 7.98. The summed E-state index contributed by atoms with van der Waals surface area (Å²) in [6.07, 6.45) is 4.34. The van der Waals surface area contributed by atoms with Crippen molar-refractivity contribution in [3.8, 4) is 0 Å². The summed E-state index contributed by atoms with van der Waals surface area (Å²) in [5.41, 5.74) is 6.13. The fourth-order valence-corrected chi connectivity index (χ4v) is 2.57. The second kappa shape index (κ2) is 7.39. The highest BCUT2D eigenvalue weighted by Gasteiger charge is 2.17. The lowest BCUT2D eigenvalue weighted by Crippen LogP contribution is -2.20. The van der Waals surface area contributed by atoms with Gasteiger partial charge < -0.3 is 16.4 Å². The Morgan fingerprint density at radius 2 is 2.29 bits per heavy atom. The maximum Gasteiger partial charge on any atom is 0.257 e. The molecule has 7 heteroatoms. The van der Waals surface area contributed by atoms with Gasteiger partial charge in [-0.05, 0) is 36.4 Å². The van der Waals surface area contributed by atoms with E-state index >= 15 is 0 Å². The average molecular weight is 274 g/mol. The summed E-state index contributed by atoms with van der Waals surface area (Å²) in [5, 5.41) is 6.53. The van der Waals surface area contributed by atoms with Gasteiger partial charge in [-0.25, -0.2) is 0 Å². The van der Waals surface area contributed by atoms with Gasteiger partial charge in [-0.15, -0.1) is 0 Å². The zero-order valence-electron chi connectivity index (χ0n) is 10.1. The van der Waals surface area contributed by atoms with E-state index in [2.05, 4.69) is 21.3 Å². The molecule has 0 fully saturated rings. The molecule has 0 aromatic carbocycles. The fourth-order valence-electron chi connectivity index (χ4n) is 1.34. The zero-order chi connectivity index (χ0) is 12.7. The van der Waals surface area contributed by atoms with Gasteiger partial charge in [0.15, 0.2) is 5.82 Å². The number of nitrogens with zero attached hydrogens (tertiary/aromatic N) is 1. The molecule has 1 aromatic heterocycles. The van der Waals surface area contributed by atoms with Crippen molar-refractivity contribution in [3.63, 3.8) is 0 Å². The Balaban J connectivity index is 2.50. The van der Waals surface area contributed by atoms with Crippen molar-refractivity contribution in [1.82, 2.24) is 9.69 Å². The first kappa shape index (κ1) is 14.1. The van der Waals surface area contributed by atoms with E-state index in [0.29, 0.717) is 11.4 Å². The largest absolute Gasteiger partial charge is 0.382 e. The number of carbonyl (C=O) groups is 1. The molecule has 1 heterocycles. The minimum atomic E-state index is -0.192. The second-order valence-electron chi connectivity index (χ2n) is 3.48. The van der Waals surface area contributed by atoms with Gasteiger partial charge in [0.2, 0.25) is 0 Å². The number of aromatic nitrogens is 1. The minimum Gasteiger partial charge on any atom is -0.382 e. The summed E-state index contributed by atoms with van der Waals surface area (Å²) < 4.78 is 3.99. The number of amides is 1. The Morgan fingerprint density at radius 3 is 2.94 bits per heavy atom. The van der Waals surface area contributed by atoms with E-state index < -0.39 is 0 Å². The van der Waals surface area contributed by atoms with Crippen molar-refractivity contribution in [3.05, 3.63) is 5.56 Å². The van der Waals surface area contributed by atoms with Crippen LogP contribution < -0.4 is 16.4 Å². The van der Waals surface area contributed by atoms with Crippen LogP contribution in [0, 0.1) is 0 Å². The monoisotopic (exact) mass is 274 g/mol. The van der Waals surface area contributed by atoms with E-state index in [1.54, 1.807) is 7.05 Å². The molecule has 1 amide bonds. The number of anilines is 2. The summed E-state index contributed by atoms with van der Waals surface area (Å²) >= 11 is 3.07. The Kier molecular flexibility index (Phi) is 6.13. The van der Waals surface area contributed by atoms with Crippen molar-refractivity contribution in [2.45, 2.75) is 12.8 Å². The molecule has 96 valence electrons. The van der Waals surface area contributed by atoms with Gasteiger partial charge in [0.1, 0.15) is 10.6 Å². The lowest BCUT2D eigenvalue weighted by atomic mass is 10.3. The molecule has 1 rings (SSSR count). The standard InChI is InChI=1S/C10H18N4OS2/c1-12-9(15)7-8(11)14-17-10(7)13-5-3-4-6-16-2/h13H,3-6H2,1-2H3,(H2,11,14)(H,12,15). The number of nitrogens with two attached hydrogens (primary N) is 1. The van der Waals surface area contributed by atoms with Gasteiger partial charge in [0.25, 0.3) is 5.91 Å². The molecular formula is C10H18N4OS2. The quantitative estimate of drug-likeness (QED) is 0.659. The van der Waals surface area contributed by atoms with Crippen molar-refractivity contribution in [1.29, 1.82) is 0 Å². The molecule has 0 saturated heterocycles.